The Hall–Kier alpha value is -1.75. The van der Waals surface area contributed by atoms with Crippen LogP contribution in [0, 0.1) is 6.92 Å². The molecule has 0 unspecified atom stereocenters. The Labute approximate surface area is 161 Å². The SMILES string of the molecule is CN=C(NCCc1nnc2ccccn12)NCc1ncc(C)s1.I. The molecule has 0 bridgehead atoms. The lowest BCUT2D eigenvalue weighted by molar-refractivity contribution is 0.759. The number of aromatic nitrogens is 4. The predicted octanol–water partition coefficient (Wildman–Crippen LogP) is 2.02. The first-order valence-corrected chi connectivity index (χ1v) is 8.22. The third-order valence-electron chi connectivity index (χ3n) is 3.33. The number of nitrogens with one attached hydrogen (secondary N) is 2. The lowest BCUT2D eigenvalue weighted by Crippen LogP contribution is -2.38. The van der Waals surface area contributed by atoms with Crippen LogP contribution in [0.25, 0.3) is 5.65 Å². The third-order valence-corrected chi connectivity index (χ3v) is 4.24. The largest absolute Gasteiger partial charge is 0.356 e. The van der Waals surface area contributed by atoms with Gasteiger partial charge in [-0.3, -0.25) is 9.39 Å². The van der Waals surface area contributed by atoms with Gasteiger partial charge in [-0.1, -0.05) is 6.07 Å². The molecule has 0 aliphatic rings. The number of nitrogens with zero attached hydrogens (tertiary/aromatic N) is 5. The van der Waals surface area contributed by atoms with Crippen molar-refractivity contribution in [3.63, 3.8) is 0 Å². The lowest BCUT2D eigenvalue weighted by atomic mass is 10.4. The molecular weight excluding hydrogens is 437 g/mol. The number of hydrogen-bond donors (Lipinski definition) is 2. The van der Waals surface area contributed by atoms with E-state index in [1.54, 1.807) is 18.4 Å². The Balaban J connectivity index is 0.00000208. The Morgan fingerprint density at radius 3 is 2.92 bits per heavy atom. The molecule has 2 N–H and O–H groups in total. The molecule has 9 heteroatoms. The van der Waals surface area contributed by atoms with E-state index in [0.717, 1.165) is 35.4 Å². The molecule has 0 aromatic carbocycles. The molecule has 0 radical (unpaired) electrons. The molecule has 128 valence electrons. The molecule has 0 atom stereocenters. The number of aryl methyl sites for hydroxylation is 1. The van der Waals surface area contributed by atoms with Crippen LogP contribution >= 0.6 is 35.3 Å². The van der Waals surface area contributed by atoms with Crippen molar-refractivity contribution in [3.8, 4) is 0 Å². The molecule has 3 aromatic rings. The van der Waals surface area contributed by atoms with E-state index in [1.165, 1.54) is 4.88 Å². The Morgan fingerprint density at radius 1 is 1.29 bits per heavy atom. The first kappa shape index (κ1) is 18.6. The molecule has 24 heavy (non-hydrogen) atoms. The quantitative estimate of drug-likeness (QED) is 0.348. The summed E-state index contributed by atoms with van der Waals surface area (Å²) in [6, 6.07) is 5.88. The van der Waals surface area contributed by atoms with Crippen LogP contribution in [-0.2, 0) is 13.0 Å². The Morgan fingerprint density at radius 2 is 2.17 bits per heavy atom. The van der Waals surface area contributed by atoms with E-state index in [9.17, 15) is 0 Å². The average Bonchev–Trinajstić information content (AvgIpc) is 3.17. The molecule has 3 rings (SSSR count). The van der Waals surface area contributed by atoms with Crippen LogP contribution in [0.15, 0.2) is 35.6 Å². The van der Waals surface area contributed by atoms with Gasteiger partial charge in [0, 0.05) is 37.3 Å². The molecular formula is C15H20IN7S. The Kier molecular flexibility index (Phi) is 6.91. The van der Waals surface area contributed by atoms with Crippen LogP contribution in [0.2, 0.25) is 0 Å². The van der Waals surface area contributed by atoms with Crippen molar-refractivity contribution in [3.05, 3.63) is 46.3 Å². The summed E-state index contributed by atoms with van der Waals surface area (Å²) >= 11 is 1.69. The van der Waals surface area contributed by atoms with Gasteiger partial charge in [-0.15, -0.1) is 45.5 Å². The third kappa shape index (κ3) is 4.63. The zero-order chi connectivity index (χ0) is 16.1. The maximum atomic E-state index is 4.33. The van der Waals surface area contributed by atoms with Gasteiger partial charge < -0.3 is 10.6 Å². The van der Waals surface area contributed by atoms with Gasteiger partial charge in [-0.25, -0.2) is 4.98 Å². The number of hydrogen-bond acceptors (Lipinski definition) is 5. The number of aliphatic imine (C=N–C) groups is 1. The second kappa shape index (κ2) is 8.92. The van der Waals surface area contributed by atoms with Crippen LogP contribution in [0.1, 0.15) is 15.7 Å². The number of fused-ring (bicyclic) bond motifs is 1. The second-order valence-electron chi connectivity index (χ2n) is 5.01. The molecule has 0 spiro atoms. The first-order chi connectivity index (χ1) is 11.3. The monoisotopic (exact) mass is 457 g/mol. The summed E-state index contributed by atoms with van der Waals surface area (Å²) in [6.45, 7) is 3.45. The summed E-state index contributed by atoms with van der Waals surface area (Å²) in [5.74, 6) is 1.69. The van der Waals surface area contributed by atoms with E-state index in [1.807, 2.05) is 35.0 Å². The van der Waals surface area contributed by atoms with E-state index in [-0.39, 0.29) is 24.0 Å². The molecule has 3 heterocycles. The highest BCUT2D eigenvalue weighted by Gasteiger charge is 2.05. The molecule has 0 saturated carbocycles. The minimum absolute atomic E-state index is 0. The summed E-state index contributed by atoms with van der Waals surface area (Å²) in [5, 5.41) is 16.0. The predicted molar refractivity (Wildman–Crippen MR) is 107 cm³/mol. The summed E-state index contributed by atoms with van der Waals surface area (Å²) < 4.78 is 2.00. The molecule has 3 aromatic heterocycles. The Bertz CT molecular complexity index is 811. The first-order valence-electron chi connectivity index (χ1n) is 7.41. The number of rotatable bonds is 5. The van der Waals surface area contributed by atoms with Gasteiger partial charge in [0.05, 0.1) is 6.54 Å². The van der Waals surface area contributed by atoms with E-state index in [2.05, 4.69) is 37.7 Å². The number of halogens is 1. The highest BCUT2D eigenvalue weighted by molar-refractivity contribution is 14.0. The summed E-state index contributed by atoms with van der Waals surface area (Å²) in [5.41, 5.74) is 0.865. The maximum absolute atomic E-state index is 4.33. The fraction of sp³-hybridized carbons (Fsp3) is 0.333. The molecule has 0 saturated heterocycles. The van der Waals surface area contributed by atoms with Crippen molar-refractivity contribution in [2.45, 2.75) is 19.9 Å². The van der Waals surface area contributed by atoms with Crippen molar-refractivity contribution < 1.29 is 0 Å². The summed E-state index contributed by atoms with van der Waals surface area (Å²) in [6.07, 6.45) is 4.62. The van der Waals surface area contributed by atoms with Gasteiger partial charge in [-0.05, 0) is 19.1 Å². The lowest BCUT2D eigenvalue weighted by Gasteiger charge is -2.10. The van der Waals surface area contributed by atoms with Gasteiger partial charge in [0.2, 0.25) is 0 Å². The van der Waals surface area contributed by atoms with Crippen molar-refractivity contribution in [2.24, 2.45) is 4.99 Å². The zero-order valence-electron chi connectivity index (χ0n) is 13.6. The average molecular weight is 457 g/mol. The fourth-order valence-corrected chi connectivity index (χ4v) is 2.94. The smallest absolute Gasteiger partial charge is 0.191 e. The molecule has 7 nitrogen and oxygen atoms in total. The van der Waals surface area contributed by atoms with Crippen molar-refractivity contribution >= 4 is 46.9 Å². The standard InChI is InChI=1S/C15H19N7S.HI/c1-11-9-18-14(23-11)10-19-15(16-2)17-7-6-13-21-20-12-5-3-4-8-22(12)13;/h3-5,8-9H,6-7,10H2,1-2H3,(H2,16,17,19);1H. The van der Waals surface area contributed by atoms with E-state index in [4.69, 9.17) is 0 Å². The van der Waals surface area contributed by atoms with Crippen LogP contribution in [0.5, 0.6) is 0 Å². The molecule has 0 fully saturated rings. The van der Waals surface area contributed by atoms with Crippen molar-refractivity contribution in [1.82, 2.24) is 30.2 Å². The van der Waals surface area contributed by atoms with Crippen LogP contribution in [0.4, 0.5) is 0 Å². The molecule has 0 aliphatic carbocycles. The summed E-state index contributed by atoms with van der Waals surface area (Å²) in [7, 11) is 1.76. The van der Waals surface area contributed by atoms with Crippen molar-refractivity contribution in [2.75, 3.05) is 13.6 Å². The topological polar surface area (TPSA) is 79.5 Å². The van der Waals surface area contributed by atoms with Gasteiger partial charge in [0.15, 0.2) is 11.6 Å². The summed E-state index contributed by atoms with van der Waals surface area (Å²) in [4.78, 5) is 9.76. The van der Waals surface area contributed by atoms with Gasteiger partial charge >= 0.3 is 0 Å². The zero-order valence-corrected chi connectivity index (χ0v) is 16.7. The van der Waals surface area contributed by atoms with E-state index in [0.29, 0.717) is 6.54 Å². The second-order valence-corrected chi connectivity index (χ2v) is 6.33. The van der Waals surface area contributed by atoms with Crippen molar-refractivity contribution in [1.29, 1.82) is 0 Å². The van der Waals surface area contributed by atoms with E-state index >= 15 is 0 Å². The minimum Gasteiger partial charge on any atom is -0.356 e. The van der Waals surface area contributed by atoms with Crippen LogP contribution in [-0.4, -0.2) is 39.1 Å². The minimum atomic E-state index is 0. The number of thiazole rings is 1. The van der Waals surface area contributed by atoms with Crippen LogP contribution < -0.4 is 10.6 Å². The number of pyridine rings is 1. The normalized spacial score (nSPS) is 11.3. The molecule has 0 amide bonds. The number of guanidine groups is 1. The van der Waals surface area contributed by atoms with E-state index < -0.39 is 0 Å². The van der Waals surface area contributed by atoms with Gasteiger partial charge in [-0.2, -0.15) is 0 Å². The fourth-order valence-electron chi connectivity index (χ4n) is 2.22. The maximum Gasteiger partial charge on any atom is 0.191 e. The van der Waals surface area contributed by atoms with Gasteiger partial charge in [0.1, 0.15) is 10.8 Å². The highest BCUT2D eigenvalue weighted by Crippen LogP contribution is 2.10. The van der Waals surface area contributed by atoms with Crippen LogP contribution in [0.3, 0.4) is 0 Å². The molecule has 0 aliphatic heterocycles. The van der Waals surface area contributed by atoms with Gasteiger partial charge in [0.25, 0.3) is 0 Å². The highest BCUT2D eigenvalue weighted by atomic mass is 127.